The molecule has 23 heavy (non-hydrogen) atoms. The lowest BCUT2D eigenvalue weighted by atomic mass is 9.42. The summed E-state index contributed by atoms with van der Waals surface area (Å²) in [5.41, 5.74) is -0.837. The van der Waals surface area contributed by atoms with E-state index in [-0.39, 0.29) is 0 Å². The van der Waals surface area contributed by atoms with Gasteiger partial charge in [-0.3, -0.25) is 4.79 Å². The summed E-state index contributed by atoms with van der Waals surface area (Å²) in [6, 6.07) is 0. The van der Waals surface area contributed by atoms with Gasteiger partial charge in [-0.2, -0.15) is 0 Å². The Morgan fingerprint density at radius 3 is 1.43 bits per heavy atom. The molecule has 3 rings (SSSR count). The Hall–Kier alpha value is 0.250. The zero-order valence-corrected chi connectivity index (χ0v) is 16.3. The van der Waals surface area contributed by atoms with Gasteiger partial charge in [0.25, 0.3) is 0 Å². The van der Waals surface area contributed by atoms with Crippen molar-refractivity contribution in [1.29, 1.82) is 0 Å². The number of halogens is 2. The second-order valence-corrected chi connectivity index (χ2v) is 9.86. The molecule has 0 aromatic carbocycles. The Kier molecular flexibility index (Phi) is 5.12. The molecule has 3 aliphatic carbocycles. The van der Waals surface area contributed by atoms with Crippen LogP contribution in [0.5, 0.6) is 0 Å². The van der Waals surface area contributed by atoms with Crippen LogP contribution < -0.4 is 0 Å². The van der Waals surface area contributed by atoms with E-state index < -0.39 is 15.2 Å². The first-order valence-electron chi connectivity index (χ1n) is 9.86. The van der Waals surface area contributed by atoms with E-state index in [1.807, 2.05) is 0 Å². The number of hydrogen-bond acceptors (Lipinski definition) is 1. The van der Waals surface area contributed by atoms with Crippen LogP contribution in [0, 0.1) is 22.7 Å². The van der Waals surface area contributed by atoms with Crippen LogP contribution in [0.1, 0.15) is 90.9 Å². The minimum atomic E-state index is -0.814. The second kappa shape index (κ2) is 6.52. The van der Waals surface area contributed by atoms with Crippen LogP contribution in [0.4, 0.5) is 0 Å². The molecule has 0 radical (unpaired) electrons. The maximum absolute atomic E-state index is 13.3. The van der Waals surface area contributed by atoms with Gasteiger partial charge in [-0.1, -0.05) is 62.7 Å². The number of carbonyl (C=O) groups is 1. The maximum atomic E-state index is 13.3. The van der Waals surface area contributed by atoms with Crippen molar-refractivity contribution in [3.63, 3.8) is 0 Å². The van der Waals surface area contributed by atoms with Crippen LogP contribution in [-0.4, -0.2) is 10.1 Å². The molecule has 3 heteroatoms. The summed E-state index contributed by atoms with van der Waals surface area (Å²) in [5.74, 6) is 1.98. The summed E-state index contributed by atoms with van der Waals surface area (Å²) in [6.07, 6.45) is 13.3. The Bertz CT molecular complexity index is 403. The third-order valence-corrected chi connectivity index (χ3v) is 8.83. The molecule has 0 aromatic heterocycles. The van der Waals surface area contributed by atoms with Gasteiger partial charge >= 0.3 is 0 Å². The number of alkyl halides is 2. The van der Waals surface area contributed by atoms with E-state index in [1.165, 1.54) is 25.7 Å². The first-order valence-corrected chi connectivity index (χ1v) is 10.6. The summed E-state index contributed by atoms with van der Waals surface area (Å²) in [6.45, 7) is 4.49. The number of rotatable bonds is 4. The van der Waals surface area contributed by atoms with Crippen LogP contribution in [0.3, 0.4) is 0 Å². The van der Waals surface area contributed by atoms with Crippen molar-refractivity contribution in [3.8, 4) is 0 Å². The van der Waals surface area contributed by atoms with Gasteiger partial charge in [0.05, 0.1) is 10.8 Å². The lowest BCUT2D eigenvalue weighted by Gasteiger charge is -2.67. The smallest absolute Gasteiger partial charge is 0.151 e. The number of ketones is 1. The van der Waals surface area contributed by atoms with Crippen molar-refractivity contribution in [2.45, 2.75) is 95.2 Å². The average molecular weight is 359 g/mol. The zero-order chi connectivity index (χ0) is 16.7. The molecule has 1 nitrogen and oxygen atoms in total. The molecule has 3 fully saturated rings. The summed E-state index contributed by atoms with van der Waals surface area (Å²) in [5, 5.41) is 0. The first kappa shape index (κ1) is 18.1. The molecular formula is C20H32Cl2O. The van der Waals surface area contributed by atoms with E-state index in [0.717, 1.165) is 63.2 Å². The van der Waals surface area contributed by atoms with Crippen molar-refractivity contribution >= 4 is 29.0 Å². The molecule has 3 aliphatic rings. The summed E-state index contributed by atoms with van der Waals surface area (Å²) in [7, 11) is 0. The van der Waals surface area contributed by atoms with Crippen molar-refractivity contribution in [1.82, 2.24) is 0 Å². The second-order valence-electron chi connectivity index (χ2n) is 8.53. The third-order valence-electron chi connectivity index (χ3n) is 7.38. The molecule has 0 unspecified atom stereocenters. The molecular weight excluding hydrogens is 327 g/mol. The highest BCUT2D eigenvalue weighted by Gasteiger charge is 2.78. The SMILES string of the molecule is CCCC1CCC2(CC1)C(=O)C1(CCC(CCC)CC1)C2(Cl)Cl. The lowest BCUT2D eigenvalue weighted by molar-refractivity contribution is -0.172. The van der Waals surface area contributed by atoms with Crippen LogP contribution in [0.2, 0.25) is 0 Å². The lowest BCUT2D eigenvalue weighted by Crippen LogP contribution is -2.74. The van der Waals surface area contributed by atoms with Crippen LogP contribution in [0.15, 0.2) is 0 Å². The molecule has 0 aliphatic heterocycles. The van der Waals surface area contributed by atoms with Crippen molar-refractivity contribution in [2.75, 3.05) is 0 Å². The largest absolute Gasteiger partial charge is 0.298 e. The maximum Gasteiger partial charge on any atom is 0.151 e. The normalized spacial score (nSPS) is 42.9. The van der Waals surface area contributed by atoms with E-state index in [4.69, 9.17) is 23.2 Å². The molecule has 0 N–H and O–H groups in total. The van der Waals surface area contributed by atoms with E-state index in [0.29, 0.717) is 5.78 Å². The van der Waals surface area contributed by atoms with Gasteiger partial charge in [0.2, 0.25) is 0 Å². The Balaban J connectivity index is 1.70. The van der Waals surface area contributed by atoms with E-state index >= 15 is 0 Å². The van der Waals surface area contributed by atoms with E-state index in [1.54, 1.807) is 0 Å². The summed E-state index contributed by atoms with van der Waals surface area (Å²) >= 11 is 13.9. The van der Waals surface area contributed by atoms with Gasteiger partial charge in [-0.25, -0.2) is 0 Å². The minimum absolute atomic E-state index is 0.419. The molecule has 0 bridgehead atoms. The molecule has 3 saturated carbocycles. The molecule has 0 atom stereocenters. The topological polar surface area (TPSA) is 17.1 Å². The first-order chi connectivity index (χ1) is 10.9. The monoisotopic (exact) mass is 358 g/mol. The van der Waals surface area contributed by atoms with Crippen LogP contribution in [0.25, 0.3) is 0 Å². The third kappa shape index (κ3) is 2.51. The predicted molar refractivity (Wildman–Crippen MR) is 98.0 cm³/mol. The van der Waals surface area contributed by atoms with Crippen LogP contribution >= 0.6 is 23.2 Å². The number of hydrogen-bond donors (Lipinski definition) is 0. The van der Waals surface area contributed by atoms with Gasteiger partial charge in [-0.05, 0) is 63.2 Å². The standard InChI is InChI=1S/C20H32Cl2O/c1-3-5-15-7-11-18(12-8-15)17(23)19(20(18,21)22)13-9-16(6-4-2)10-14-19/h15-16H,3-14H2,1-2H3. The average Bonchev–Trinajstić information content (AvgIpc) is 2.56. The summed E-state index contributed by atoms with van der Waals surface area (Å²) < 4.78 is -0.814. The van der Waals surface area contributed by atoms with Gasteiger partial charge in [0.15, 0.2) is 5.78 Å². The fourth-order valence-electron chi connectivity index (χ4n) is 5.96. The van der Waals surface area contributed by atoms with Gasteiger partial charge in [0.1, 0.15) is 4.33 Å². The van der Waals surface area contributed by atoms with Crippen LogP contribution in [-0.2, 0) is 4.79 Å². The van der Waals surface area contributed by atoms with Crippen molar-refractivity contribution in [2.24, 2.45) is 22.7 Å². The number of carbonyl (C=O) groups excluding carboxylic acids is 1. The minimum Gasteiger partial charge on any atom is -0.298 e. The molecule has 0 aromatic rings. The van der Waals surface area contributed by atoms with Gasteiger partial charge in [-0.15, -0.1) is 0 Å². The number of Topliss-reactive ketones (excluding diaryl/α,β-unsaturated/α-hetero) is 1. The van der Waals surface area contributed by atoms with E-state index in [9.17, 15) is 4.79 Å². The molecule has 2 spiro atoms. The highest BCUT2D eigenvalue weighted by Crippen LogP contribution is 2.74. The van der Waals surface area contributed by atoms with Gasteiger partial charge < -0.3 is 0 Å². The fraction of sp³-hybridized carbons (Fsp3) is 0.950. The molecule has 0 saturated heterocycles. The highest BCUT2D eigenvalue weighted by atomic mass is 35.5. The molecule has 0 amide bonds. The van der Waals surface area contributed by atoms with Crippen molar-refractivity contribution < 1.29 is 4.79 Å². The Morgan fingerprint density at radius 2 is 1.17 bits per heavy atom. The van der Waals surface area contributed by atoms with E-state index in [2.05, 4.69) is 13.8 Å². The summed E-state index contributed by atoms with van der Waals surface area (Å²) in [4.78, 5) is 13.3. The Morgan fingerprint density at radius 1 is 0.826 bits per heavy atom. The molecule has 132 valence electrons. The Labute approximate surface area is 151 Å². The zero-order valence-electron chi connectivity index (χ0n) is 14.8. The highest BCUT2D eigenvalue weighted by molar-refractivity contribution is 6.55. The van der Waals surface area contributed by atoms with Gasteiger partial charge in [0, 0.05) is 0 Å². The van der Waals surface area contributed by atoms with Crippen molar-refractivity contribution in [3.05, 3.63) is 0 Å². The fourth-order valence-corrected chi connectivity index (χ4v) is 7.05. The quantitative estimate of drug-likeness (QED) is 0.511. The predicted octanol–water partition coefficient (Wildman–Crippen LogP) is 6.70. The molecule has 0 heterocycles.